The highest BCUT2D eigenvalue weighted by Crippen LogP contribution is 2.34. The molecule has 4 heteroatoms. The van der Waals surface area contributed by atoms with E-state index in [-0.39, 0.29) is 6.79 Å². The van der Waals surface area contributed by atoms with Gasteiger partial charge >= 0.3 is 5.97 Å². The highest BCUT2D eigenvalue weighted by molar-refractivity contribution is 6.15. The minimum Gasteiger partial charge on any atom is -0.465 e. The van der Waals surface area contributed by atoms with Gasteiger partial charge in [0.25, 0.3) is 0 Å². The Kier molecular flexibility index (Phi) is 2.33. The molecule has 0 N–H and O–H groups in total. The van der Waals surface area contributed by atoms with Crippen molar-refractivity contribution in [3.63, 3.8) is 0 Å². The number of hydrogen-bond donors (Lipinski definition) is 0. The van der Waals surface area contributed by atoms with Gasteiger partial charge in [-0.05, 0) is 17.7 Å². The average Bonchev–Trinajstić information content (AvgIpc) is 2.73. The summed E-state index contributed by atoms with van der Waals surface area (Å²) in [5.74, 6) is 0.850. The molecular weight excluding hydrogens is 196 g/mol. The smallest absolute Gasteiger partial charge is 0.337 e. The van der Waals surface area contributed by atoms with Crippen LogP contribution in [0.25, 0.3) is 5.57 Å². The molecule has 0 bridgehead atoms. The normalized spacial score (nSPS) is 12.3. The third-order valence-electron chi connectivity index (χ3n) is 2.15. The molecule has 0 amide bonds. The molecule has 1 aliphatic rings. The molecule has 1 aromatic rings. The summed E-state index contributed by atoms with van der Waals surface area (Å²) in [6.45, 7) is 3.86. The van der Waals surface area contributed by atoms with Crippen molar-refractivity contribution in [3.05, 3.63) is 30.3 Å². The SMILES string of the molecule is C=C(C(=O)OC)c1ccc2c(c1)OCO2. The standard InChI is InChI=1S/C11H10O4/c1-7(11(12)13-2)8-3-4-9-10(5-8)15-6-14-9/h3-5H,1,6H2,2H3. The van der Waals surface area contributed by atoms with Gasteiger partial charge in [-0.25, -0.2) is 4.79 Å². The fourth-order valence-corrected chi connectivity index (χ4v) is 1.33. The second-order valence-electron chi connectivity index (χ2n) is 3.04. The number of benzene rings is 1. The molecule has 0 aliphatic carbocycles. The largest absolute Gasteiger partial charge is 0.465 e. The molecule has 2 rings (SSSR count). The van der Waals surface area contributed by atoms with Gasteiger partial charge in [-0.1, -0.05) is 12.6 Å². The van der Waals surface area contributed by atoms with Gasteiger partial charge < -0.3 is 14.2 Å². The minimum atomic E-state index is -0.450. The zero-order valence-corrected chi connectivity index (χ0v) is 8.28. The maximum atomic E-state index is 11.2. The number of ether oxygens (including phenoxy) is 3. The first-order valence-corrected chi connectivity index (χ1v) is 4.39. The van der Waals surface area contributed by atoms with E-state index in [1.807, 2.05) is 0 Å². The summed E-state index contributed by atoms with van der Waals surface area (Å²) in [5.41, 5.74) is 0.974. The monoisotopic (exact) mass is 206 g/mol. The number of rotatable bonds is 2. The van der Waals surface area contributed by atoms with Crippen LogP contribution in [0.1, 0.15) is 5.56 Å². The molecule has 0 radical (unpaired) electrons. The summed E-state index contributed by atoms with van der Waals surface area (Å²) in [6.07, 6.45) is 0. The molecule has 1 aliphatic heterocycles. The molecule has 0 fully saturated rings. The van der Waals surface area contributed by atoms with Gasteiger partial charge in [0.05, 0.1) is 12.7 Å². The Morgan fingerprint density at radius 2 is 2.13 bits per heavy atom. The zero-order valence-electron chi connectivity index (χ0n) is 8.28. The van der Waals surface area contributed by atoms with Gasteiger partial charge in [0.2, 0.25) is 6.79 Å². The van der Waals surface area contributed by atoms with Gasteiger partial charge in [0.1, 0.15) is 0 Å². The summed E-state index contributed by atoms with van der Waals surface area (Å²) in [7, 11) is 1.32. The highest BCUT2D eigenvalue weighted by Gasteiger charge is 2.16. The topological polar surface area (TPSA) is 44.8 Å². The lowest BCUT2D eigenvalue weighted by atomic mass is 10.1. The number of carbonyl (C=O) groups is 1. The van der Waals surface area contributed by atoms with Crippen LogP contribution in [0.2, 0.25) is 0 Å². The fraction of sp³-hybridized carbons (Fsp3) is 0.182. The third-order valence-corrected chi connectivity index (χ3v) is 2.15. The van der Waals surface area contributed by atoms with E-state index >= 15 is 0 Å². The summed E-state index contributed by atoms with van der Waals surface area (Å²) in [5, 5.41) is 0. The van der Waals surface area contributed by atoms with Crippen molar-refractivity contribution in [1.82, 2.24) is 0 Å². The Balaban J connectivity index is 2.30. The highest BCUT2D eigenvalue weighted by atomic mass is 16.7. The molecule has 0 spiro atoms. The molecule has 1 aromatic carbocycles. The lowest BCUT2D eigenvalue weighted by Crippen LogP contribution is -2.02. The fourth-order valence-electron chi connectivity index (χ4n) is 1.33. The lowest BCUT2D eigenvalue weighted by Gasteiger charge is -2.04. The number of fused-ring (bicyclic) bond motifs is 1. The van der Waals surface area contributed by atoms with Crippen molar-refractivity contribution in [3.8, 4) is 11.5 Å². The number of methoxy groups -OCH3 is 1. The van der Waals surface area contributed by atoms with Crippen molar-refractivity contribution in [2.75, 3.05) is 13.9 Å². The second kappa shape index (κ2) is 3.65. The maximum Gasteiger partial charge on any atom is 0.337 e. The van der Waals surface area contributed by atoms with Crippen LogP contribution in [-0.2, 0) is 9.53 Å². The predicted molar refractivity (Wildman–Crippen MR) is 53.6 cm³/mol. The Morgan fingerprint density at radius 3 is 2.87 bits per heavy atom. The van der Waals surface area contributed by atoms with Gasteiger partial charge in [0, 0.05) is 0 Å². The summed E-state index contributed by atoms with van der Waals surface area (Å²) in [4.78, 5) is 11.2. The van der Waals surface area contributed by atoms with Crippen LogP contribution in [0.5, 0.6) is 11.5 Å². The van der Waals surface area contributed by atoms with Gasteiger partial charge in [-0.2, -0.15) is 0 Å². The van der Waals surface area contributed by atoms with Crippen LogP contribution >= 0.6 is 0 Å². The van der Waals surface area contributed by atoms with E-state index in [4.69, 9.17) is 9.47 Å². The molecule has 0 atom stereocenters. The zero-order chi connectivity index (χ0) is 10.8. The Labute approximate surface area is 87.1 Å². The van der Waals surface area contributed by atoms with E-state index in [0.717, 1.165) is 0 Å². The van der Waals surface area contributed by atoms with Crippen LogP contribution in [0.4, 0.5) is 0 Å². The van der Waals surface area contributed by atoms with Crippen LogP contribution < -0.4 is 9.47 Å². The van der Waals surface area contributed by atoms with Crippen LogP contribution in [-0.4, -0.2) is 19.9 Å². The molecule has 78 valence electrons. The molecule has 0 unspecified atom stereocenters. The van der Waals surface area contributed by atoms with Crippen molar-refractivity contribution in [2.24, 2.45) is 0 Å². The number of esters is 1. The first-order chi connectivity index (χ1) is 7.22. The van der Waals surface area contributed by atoms with E-state index in [0.29, 0.717) is 22.6 Å². The minimum absolute atomic E-state index is 0.212. The third kappa shape index (κ3) is 1.66. The van der Waals surface area contributed by atoms with E-state index in [1.54, 1.807) is 18.2 Å². The predicted octanol–water partition coefficient (Wildman–Crippen LogP) is 1.60. The molecular formula is C11H10O4. The molecule has 4 nitrogen and oxygen atoms in total. The lowest BCUT2D eigenvalue weighted by molar-refractivity contribution is -0.133. The first-order valence-electron chi connectivity index (χ1n) is 4.39. The maximum absolute atomic E-state index is 11.2. The van der Waals surface area contributed by atoms with Crippen LogP contribution in [0.15, 0.2) is 24.8 Å². The van der Waals surface area contributed by atoms with Gasteiger partial charge in [-0.15, -0.1) is 0 Å². The molecule has 15 heavy (non-hydrogen) atoms. The Bertz CT molecular complexity index is 423. The van der Waals surface area contributed by atoms with E-state index < -0.39 is 5.97 Å². The Hall–Kier alpha value is -1.97. The van der Waals surface area contributed by atoms with Gasteiger partial charge in [0.15, 0.2) is 11.5 Å². The number of carbonyl (C=O) groups excluding carboxylic acids is 1. The van der Waals surface area contributed by atoms with Crippen molar-refractivity contribution >= 4 is 11.5 Å². The second-order valence-corrected chi connectivity index (χ2v) is 3.04. The van der Waals surface area contributed by atoms with Crippen molar-refractivity contribution < 1.29 is 19.0 Å². The average molecular weight is 206 g/mol. The molecule has 1 heterocycles. The van der Waals surface area contributed by atoms with Crippen molar-refractivity contribution in [1.29, 1.82) is 0 Å². The van der Waals surface area contributed by atoms with E-state index in [2.05, 4.69) is 11.3 Å². The summed E-state index contributed by atoms with van der Waals surface area (Å²) < 4.78 is 14.9. The molecule has 0 saturated carbocycles. The van der Waals surface area contributed by atoms with E-state index in [9.17, 15) is 4.79 Å². The first kappa shape index (κ1) is 9.58. The Morgan fingerprint density at radius 1 is 1.40 bits per heavy atom. The van der Waals surface area contributed by atoms with Crippen LogP contribution in [0.3, 0.4) is 0 Å². The summed E-state index contributed by atoms with van der Waals surface area (Å²) in [6, 6.07) is 5.19. The molecule has 0 saturated heterocycles. The van der Waals surface area contributed by atoms with Crippen molar-refractivity contribution in [2.45, 2.75) is 0 Å². The quantitative estimate of drug-likeness (QED) is 0.544. The van der Waals surface area contributed by atoms with E-state index in [1.165, 1.54) is 7.11 Å². The van der Waals surface area contributed by atoms with Gasteiger partial charge in [-0.3, -0.25) is 0 Å². The number of hydrogen-bond acceptors (Lipinski definition) is 4. The van der Waals surface area contributed by atoms with Crippen LogP contribution in [0, 0.1) is 0 Å². The molecule has 0 aromatic heterocycles. The summed E-state index contributed by atoms with van der Waals surface area (Å²) >= 11 is 0.